The summed E-state index contributed by atoms with van der Waals surface area (Å²) < 4.78 is 0.644. The second-order valence-electron chi connectivity index (χ2n) is 3.85. The Morgan fingerprint density at radius 2 is 2.11 bits per heavy atom. The third-order valence-corrected chi connectivity index (χ3v) is 3.05. The minimum Gasteiger partial charge on any atom is -0.478 e. The van der Waals surface area contributed by atoms with Crippen LogP contribution in [0.25, 0.3) is 0 Å². The maximum absolute atomic E-state index is 11.8. The topological polar surface area (TPSA) is 69.6 Å². The highest BCUT2D eigenvalue weighted by atomic mass is 79.9. The number of carbonyl (C=O) groups is 2. The second kappa shape index (κ2) is 6.39. The van der Waals surface area contributed by atoms with Gasteiger partial charge in [0.2, 0.25) is 0 Å². The zero-order chi connectivity index (χ0) is 13.7. The third-order valence-electron chi connectivity index (χ3n) is 2.36. The Bertz CT molecular complexity index is 463. The van der Waals surface area contributed by atoms with Crippen molar-refractivity contribution in [3.63, 3.8) is 0 Å². The molecular weight excluding hydrogens is 300 g/mol. The van der Waals surface area contributed by atoms with Crippen LogP contribution < -0.4 is 5.32 Å². The van der Waals surface area contributed by atoms with E-state index in [0.717, 1.165) is 6.42 Å². The van der Waals surface area contributed by atoms with E-state index in [0.29, 0.717) is 16.7 Å². The molecule has 0 radical (unpaired) electrons. The van der Waals surface area contributed by atoms with E-state index in [1.165, 1.54) is 12.1 Å². The number of urea groups is 1. The molecule has 5 nitrogen and oxygen atoms in total. The predicted molar refractivity (Wildman–Crippen MR) is 73.0 cm³/mol. The SMILES string of the molecule is CCCN(C)C(=O)Nc1cc(C(=O)O)ccc1Br. The maximum Gasteiger partial charge on any atom is 0.335 e. The van der Waals surface area contributed by atoms with Gasteiger partial charge >= 0.3 is 12.0 Å². The van der Waals surface area contributed by atoms with E-state index in [4.69, 9.17) is 5.11 Å². The van der Waals surface area contributed by atoms with Crippen molar-refractivity contribution in [3.05, 3.63) is 28.2 Å². The van der Waals surface area contributed by atoms with Gasteiger partial charge in [0.25, 0.3) is 0 Å². The third kappa shape index (κ3) is 3.73. The molecular formula is C12H15BrN2O3. The van der Waals surface area contributed by atoms with E-state index in [2.05, 4.69) is 21.2 Å². The number of nitrogens with one attached hydrogen (secondary N) is 1. The smallest absolute Gasteiger partial charge is 0.335 e. The molecule has 0 aromatic heterocycles. The summed E-state index contributed by atoms with van der Waals surface area (Å²) >= 11 is 3.27. The van der Waals surface area contributed by atoms with E-state index >= 15 is 0 Å². The zero-order valence-electron chi connectivity index (χ0n) is 10.2. The molecule has 0 heterocycles. The molecule has 1 aromatic carbocycles. The molecule has 0 fully saturated rings. The molecule has 0 aliphatic rings. The fraction of sp³-hybridized carbons (Fsp3) is 0.333. The normalized spacial score (nSPS) is 9.94. The average molecular weight is 315 g/mol. The van der Waals surface area contributed by atoms with Crippen molar-refractivity contribution in [1.29, 1.82) is 0 Å². The lowest BCUT2D eigenvalue weighted by atomic mass is 10.2. The van der Waals surface area contributed by atoms with Gasteiger partial charge in [-0.25, -0.2) is 9.59 Å². The van der Waals surface area contributed by atoms with Crippen molar-refractivity contribution >= 4 is 33.6 Å². The van der Waals surface area contributed by atoms with Crippen LogP contribution >= 0.6 is 15.9 Å². The predicted octanol–water partition coefficient (Wildman–Crippen LogP) is 3.02. The zero-order valence-corrected chi connectivity index (χ0v) is 11.8. The molecule has 1 aromatic rings. The fourth-order valence-corrected chi connectivity index (χ4v) is 1.75. The number of amides is 2. The summed E-state index contributed by atoms with van der Waals surface area (Å²) in [5.74, 6) is -1.03. The van der Waals surface area contributed by atoms with E-state index in [-0.39, 0.29) is 11.6 Å². The minimum atomic E-state index is -1.03. The monoisotopic (exact) mass is 314 g/mol. The van der Waals surface area contributed by atoms with E-state index in [1.807, 2.05) is 6.92 Å². The quantitative estimate of drug-likeness (QED) is 0.897. The number of hydrogen-bond donors (Lipinski definition) is 2. The van der Waals surface area contributed by atoms with E-state index < -0.39 is 5.97 Å². The van der Waals surface area contributed by atoms with Crippen LogP contribution in [0.15, 0.2) is 22.7 Å². The summed E-state index contributed by atoms with van der Waals surface area (Å²) in [6, 6.07) is 4.22. The number of anilines is 1. The first-order chi connectivity index (χ1) is 8.45. The van der Waals surface area contributed by atoms with E-state index in [1.54, 1.807) is 18.0 Å². The summed E-state index contributed by atoms with van der Waals surface area (Å²) in [5, 5.41) is 11.6. The molecule has 0 bridgehead atoms. The molecule has 2 amide bonds. The summed E-state index contributed by atoms with van der Waals surface area (Å²) in [6.45, 7) is 2.62. The summed E-state index contributed by atoms with van der Waals surface area (Å²) in [7, 11) is 1.69. The molecule has 0 aliphatic carbocycles. The Morgan fingerprint density at radius 3 is 2.67 bits per heavy atom. The van der Waals surface area contributed by atoms with Crippen LogP contribution in [0.3, 0.4) is 0 Å². The molecule has 0 saturated carbocycles. The molecule has 98 valence electrons. The van der Waals surface area contributed by atoms with Crippen molar-refractivity contribution < 1.29 is 14.7 Å². The van der Waals surface area contributed by atoms with Gasteiger partial charge in [0.05, 0.1) is 11.3 Å². The van der Waals surface area contributed by atoms with Gasteiger partial charge in [0.15, 0.2) is 0 Å². The van der Waals surface area contributed by atoms with Gasteiger partial charge in [0.1, 0.15) is 0 Å². The first-order valence-electron chi connectivity index (χ1n) is 5.50. The highest BCUT2D eigenvalue weighted by molar-refractivity contribution is 9.10. The number of hydrogen-bond acceptors (Lipinski definition) is 2. The number of carboxylic acids is 1. The molecule has 0 unspecified atom stereocenters. The molecule has 1 rings (SSSR count). The Kier molecular flexibility index (Phi) is 5.15. The number of aromatic carboxylic acids is 1. The highest BCUT2D eigenvalue weighted by Crippen LogP contribution is 2.24. The molecule has 2 N–H and O–H groups in total. The van der Waals surface area contributed by atoms with Crippen LogP contribution in [0, 0.1) is 0 Å². The number of carboxylic acid groups (broad SMARTS) is 1. The number of rotatable bonds is 4. The van der Waals surface area contributed by atoms with Crippen LogP contribution in [0.4, 0.5) is 10.5 Å². The molecule has 6 heteroatoms. The van der Waals surface area contributed by atoms with E-state index in [9.17, 15) is 9.59 Å². The fourth-order valence-electron chi connectivity index (χ4n) is 1.40. The summed E-state index contributed by atoms with van der Waals surface area (Å²) in [6.07, 6.45) is 0.861. The molecule has 18 heavy (non-hydrogen) atoms. The number of benzene rings is 1. The Labute approximate surface area is 114 Å². The van der Waals surface area contributed by atoms with Crippen molar-refractivity contribution in [2.75, 3.05) is 18.9 Å². The Morgan fingerprint density at radius 1 is 1.44 bits per heavy atom. The van der Waals surface area contributed by atoms with Crippen molar-refractivity contribution in [2.24, 2.45) is 0 Å². The number of halogens is 1. The van der Waals surface area contributed by atoms with Gasteiger partial charge < -0.3 is 15.3 Å². The van der Waals surface area contributed by atoms with Gasteiger partial charge in [-0.2, -0.15) is 0 Å². The molecule has 0 saturated heterocycles. The summed E-state index contributed by atoms with van der Waals surface area (Å²) in [5.41, 5.74) is 0.578. The lowest BCUT2D eigenvalue weighted by Crippen LogP contribution is -2.32. The van der Waals surface area contributed by atoms with Crippen LogP contribution in [0.2, 0.25) is 0 Å². The lowest BCUT2D eigenvalue weighted by Gasteiger charge is -2.17. The molecule has 0 atom stereocenters. The Hall–Kier alpha value is -1.56. The van der Waals surface area contributed by atoms with Crippen LogP contribution in [0.5, 0.6) is 0 Å². The van der Waals surface area contributed by atoms with Crippen LogP contribution in [0.1, 0.15) is 23.7 Å². The molecule has 0 aliphatic heterocycles. The lowest BCUT2D eigenvalue weighted by molar-refractivity contribution is 0.0697. The highest BCUT2D eigenvalue weighted by Gasteiger charge is 2.12. The first-order valence-corrected chi connectivity index (χ1v) is 6.30. The molecule has 0 spiro atoms. The van der Waals surface area contributed by atoms with Crippen molar-refractivity contribution in [2.45, 2.75) is 13.3 Å². The van der Waals surface area contributed by atoms with Gasteiger partial charge in [-0.15, -0.1) is 0 Å². The number of carbonyl (C=O) groups excluding carboxylic acids is 1. The first kappa shape index (κ1) is 14.5. The van der Waals surface area contributed by atoms with Gasteiger partial charge in [-0.1, -0.05) is 6.92 Å². The average Bonchev–Trinajstić information content (AvgIpc) is 2.31. The van der Waals surface area contributed by atoms with Gasteiger partial charge in [0, 0.05) is 18.1 Å². The van der Waals surface area contributed by atoms with Crippen molar-refractivity contribution in [3.8, 4) is 0 Å². The van der Waals surface area contributed by atoms with Gasteiger partial charge in [-0.05, 0) is 40.5 Å². The van der Waals surface area contributed by atoms with Crippen LogP contribution in [-0.4, -0.2) is 35.6 Å². The van der Waals surface area contributed by atoms with Crippen molar-refractivity contribution in [1.82, 2.24) is 4.90 Å². The Balaban J connectivity index is 2.86. The minimum absolute atomic E-state index is 0.131. The largest absolute Gasteiger partial charge is 0.478 e. The summed E-state index contributed by atoms with van der Waals surface area (Å²) in [4.78, 5) is 24.2. The number of nitrogens with zero attached hydrogens (tertiary/aromatic N) is 1. The van der Waals surface area contributed by atoms with Gasteiger partial charge in [-0.3, -0.25) is 0 Å². The second-order valence-corrected chi connectivity index (χ2v) is 4.71. The maximum atomic E-state index is 11.8. The standard InChI is InChI=1S/C12H15BrN2O3/c1-3-6-15(2)12(18)14-10-7-8(11(16)17)4-5-9(10)13/h4-5,7H,3,6H2,1-2H3,(H,14,18)(H,16,17). The van der Waals surface area contributed by atoms with Crippen LogP contribution in [-0.2, 0) is 0 Å².